The molecule has 0 bridgehead atoms. The molecule has 5 heteroatoms. The van der Waals surface area contributed by atoms with Crippen molar-refractivity contribution >= 4 is 17.7 Å². The maximum absolute atomic E-state index is 11.0. The van der Waals surface area contributed by atoms with Crippen LogP contribution in [0.4, 0.5) is 4.79 Å². The fraction of sp³-hybridized carbons (Fsp3) is 0.571. The number of ketones is 1. The lowest BCUT2D eigenvalue weighted by atomic mass is 10.0. The van der Waals surface area contributed by atoms with Crippen LogP contribution in [0.15, 0.2) is 0 Å². The molecule has 1 unspecified atom stereocenters. The van der Waals surface area contributed by atoms with Gasteiger partial charge >= 0.3 is 6.03 Å². The van der Waals surface area contributed by atoms with Crippen molar-refractivity contribution in [1.82, 2.24) is 10.6 Å². The maximum Gasteiger partial charge on any atom is 0.321 e. The van der Waals surface area contributed by atoms with Gasteiger partial charge in [-0.1, -0.05) is 0 Å². The molecule has 5 nitrogen and oxygen atoms in total. The molecule has 1 fully saturated rings. The molecule has 0 radical (unpaired) electrons. The fourth-order valence-corrected chi connectivity index (χ4v) is 1.08. The molecule has 0 aromatic heterocycles. The highest BCUT2D eigenvalue weighted by molar-refractivity contribution is 5.99. The van der Waals surface area contributed by atoms with Gasteiger partial charge in [0.25, 0.3) is 0 Å². The molecule has 12 heavy (non-hydrogen) atoms. The Labute approximate surface area is 72.5 Å². The molecule has 70 valence electrons. The Morgan fingerprint density at radius 1 is 1.67 bits per heavy atom. The molecule has 0 aromatic rings. The van der Waals surface area contributed by atoms with Crippen molar-refractivity contribution in [2.24, 2.45) is 5.92 Å². The monoisotopic (exact) mass is 174 g/mol. The zero-order chi connectivity index (χ0) is 9.14. The summed E-state index contributed by atoms with van der Waals surface area (Å²) in [6.45, 7) is 1.67. The highest BCUT2D eigenvalue weighted by Gasteiger charge is 2.26. The Kier molecular flexibility index (Phi) is 2.42. The molecule has 1 aliphatic rings. The average molecular weight is 174 g/mol. The Morgan fingerprint density at radius 3 is 2.83 bits per heavy atom. The Bertz CT molecular complexity index is 245. The van der Waals surface area contributed by atoms with Gasteiger partial charge in [-0.05, 0) is 6.92 Å². The molecular weight excluding hydrogens is 160 g/mol. The van der Waals surface area contributed by atoms with Crippen LogP contribution in [0.2, 0.25) is 0 Å². The van der Waals surface area contributed by atoms with E-state index in [2.05, 4.69) is 10.6 Å². The molecule has 1 heterocycles. The molecule has 3 amide bonds. The third kappa shape index (κ3) is 2.05. The standard InChI is InChI=1S/C7H10N2O3.2H2/c1-4(10)2-5-3-8-7(12)9-6(5)11;;/h5H,2-3H2,1H3,(H2,8,9,11,12);2*1H. The van der Waals surface area contributed by atoms with Crippen LogP contribution in [0.5, 0.6) is 0 Å². The number of hydrogen-bond donors (Lipinski definition) is 2. The minimum atomic E-state index is -0.486. The average Bonchev–Trinajstić information content (AvgIpc) is 1.94. The SMILES string of the molecule is CC(=O)CC1CNC(=O)NC1=O.[HH].[HH]. The van der Waals surface area contributed by atoms with E-state index in [9.17, 15) is 14.4 Å². The van der Waals surface area contributed by atoms with Crippen LogP contribution in [-0.2, 0) is 9.59 Å². The summed E-state index contributed by atoms with van der Waals surface area (Å²) in [5.74, 6) is -0.819. The molecule has 1 rings (SSSR count). The van der Waals surface area contributed by atoms with E-state index in [0.717, 1.165) is 0 Å². The van der Waals surface area contributed by atoms with E-state index in [1.54, 1.807) is 0 Å². The second kappa shape index (κ2) is 3.34. The third-order valence-electron chi connectivity index (χ3n) is 1.65. The van der Waals surface area contributed by atoms with E-state index < -0.39 is 11.9 Å². The summed E-state index contributed by atoms with van der Waals surface area (Å²) in [5.41, 5.74) is 0. The zero-order valence-electron chi connectivity index (χ0n) is 6.72. The lowest BCUT2D eigenvalue weighted by molar-refractivity contribution is -0.128. The smallest absolute Gasteiger partial charge is 0.321 e. The van der Waals surface area contributed by atoms with E-state index in [0.29, 0.717) is 0 Å². The van der Waals surface area contributed by atoms with Crippen LogP contribution in [0.3, 0.4) is 0 Å². The van der Waals surface area contributed by atoms with Gasteiger partial charge in [-0.2, -0.15) is 0 Å². The fourth-order valence-electron chi connectivity index (χ4n) is 1.08. The van der Waals surface area contributed by atoms with Crippen molar-refractivity contribution in [1.29, 1.82) is 0 Å². The van der Waals surface area contributed by atoms with Gasteiger partial charge in [0, 0.05) is 15.8 Å². The zero-order valence-corrected chi connectivity index (χ0v) is 6.72. The first-order valence-corrected chi connectivity index (χ1v) is 3.67. The van der Waals surface area contributed by atoms with Gasteiger partial charge in [0.2, 0.25) is 5.91 Å². The van der Waals surface area contributed by atoms with Gasteiger partial charge in [0.1, 0.15) is 5.78 Å². The van der Waals surface area contributed by atoms with Crippen molar-refractivity contribution < 1.29 is 17.2 Å². The number of carbonyl (C=O) groups is 3. The van der Waals surface area contributed by atoms with Gasteiger partial charge in [-0.3, -0.25) is 10.1 Å². The van der Waals surface area contributed by atoms with Crippen LogP contribution in [0.1, 0.15) is 16.2 Å². The summed E-state index contributed by atoms with van der Waals surface area (Å²) in [6.07, 6.45) is 0.187. The summed E-state index contributed by atoms with van der Waals surface area (Å²) in [4.78, 5) is 32.2. The topological polar surface area (TPSA) is 75.3 Å². The van der Waals surface area contributed by atoms with Crippen LogP contribution < -0.4 is 10.6 Å². The van der Waals surface area contributed by atoms with Crippen molar-refractivity contribution in [2.45, 2.75) is 13.3 Å². The van der Waals surface area contributed by atoms with Gasteiger partial charge in [-0.15, -0.1) is 0 Å². The van der Waals surface area contributed by atoms with Gasteiger partial charge in [0.15, 0.2) is 0 Å². The predicted octanol–water partition coefficient (Wildman–Crippen LogP) is -0.0869. The molecule has 0 aromatic carbocycles. The number of carbonyl (C=O) groups excluding carboxylic acids is 3. The normalized spacial score (nSPS) is 22.9. The summed E-state index contributed by atoms with van der Waals surface area (Å²) >= 11 is 0. The molecule has 0 saturated carbocycles. The summed E-state index contributed by atoms with van der Waals surface area (Å²) in [7, 11) is 0. The number of hydrogen-bond acceptors (Lipinski definition) is 3. The van der Waals surface area contributed by atoms with Gasteiger partial charge < -0.3 is 10.1 Å². The molecule has 1 aliphatic heterocycles. The number of nitrogens with one attached hydrogen (secondary N) is 2. The first-order valence-electron chi connectivity index (χ1n) is 3.67. The van der Waals surface area contributed by atoms with E-state index in [4.69, 9.17) is 0 Å². The second-order valence-electron chi connectivity index (χ2n) is 2.80. The summed E-state index contributed by atoms with van der Waals surface area (Å²) in [6, 6.07) is -0.486. The summed E-state index contributed by atoms with van der Waals surface area (Å²) < 4.78 is 0. The third-order valence-corrected chi connectivity index (χ3v) is 1.65. The van der Waals surface area contributed by atoms with Crippen LogP contribution in [-0.4, -0.2) is 24.3 Å². The minimum absolute atomic E-state index is 0. The lowest BCUT2D eigenvalue weighted by Gasteiger charge is -2.20. The molecule has 0 aliphatic carbocycles. The number of imide groups is 1. The van der Waals surface area contributed by atoms with E-state index >= 15 is 0 Å². The molecule has 2 N–H and O–H groups in total. The van der Waals surface area contributed by atoms with Crippen molar-refractivity contribution in [3.8, 4) is 0 Å². The summed E-state index contributed by atoms with van der Waals surface area (Å²) in [5, 5.41) is 4.54. The Hall–Kier alpha value is -1.39. The number of Topliss-reactive ketones (excluding diaryl/α,β-unsaturated/α-hetero) is 1. The number of urea groups is 1. The van der Waals surface area contributed by atoms with Crippen LogP contribution in [0.25, 0.3) is 0 Å². The van der Waals surface area contributed by atoms with E-state index in [1.807, 2.05) is 0 Å². The number of amides is 3. The van der Waals surface area contributed by atoms with Crippen molar-refractivity contribution in [2.75, 3.05) is 6.54 Å². The minimum Gasteiger partial charge on any atom is -0.337 e. The Balaban J connectivity index is 0. The first kappa shape index (κ1) is 8.70. The quantitative estimate of drug-likeness (QED) is 0.614. The van der Waals surface area contributed by atoms with Crippen LogP contribution >= 0.6 is 0 Å². The highest BCUT2D eigenvalue weighted by atomic mass is 16.2. The predicted molar refractivity (Wildman–Crippen MR) is 44.6 cm³/mol. The van der Waals surface area contributed by atoms with Crippen molar-refractivity contribution in [3.63, 3.8) is 0 Å². The van der Waals surface area contributed by atoms with Gasteiger partial charge in [0.05, 0.1) is 5.92 Å². The van der Waals surface area contributed by atoms with E-state index in [1.165, 1.54) is 6.92 Å². The largest absolute Gasteiger partial charge is 0.337 e. The Morgan fingerprint density at radius 2 is 2.33 bits per heavy atom. The molecule has 1 saturated heterocycles. The van der Waals surface area contributed by atoms with Crippen molar-refractivity contribution in [3.05, 3.63) is 0 Å². The van der Waals surface area contributed by atoms with Gasteiger partial charge in [-0.25, -0.2) is 4.79 Å². The van der Waals surface area contributed by atoms with E-state index in [-0.39, 0.29) is 27.5 Å². The molecule has 0 spiro atoms. The second-order valence-corrected chi connectivity index (χ2v) is 2.80. The highest BCUT2D eigenvalue weighted by Crippen LogP contribution is 2.05. The molecule has 1 atom stereocenters. The van der Waals surface area contributed by atoms with Crippen LogP contribution in [0, 0.1) is 5.92 Å². The molecular formula is C7H14N2O3. The number of rotatable bonds is 2. The maximum atomic E-state index is 11.0. The lowest BCUT2D eigenvalue weighted by Crippen LogP contribution is -2.52. The first-order chi connectivity index (χ1) is 5.59.